The fourth-order valence-electron chi connectivity index (χ4n) is 9.12. The maximum atomic E-state index is 13.0. The van der Waals surface area contributed by atoms with Crippen molar-refractivity contribution in [3.63, 3.8) is 0 Å². The van der Waals surface area contributed by atoms with Crippen molar-refractivity contribution in [1.82, 2.24) is 19.9 Å². The van der Waals surface area contributed by atoms with Gasteiger partial charge in [0, 0.05) is 88.7 Å². The molecule has 9 rings (SSSR count). The number of aromatic amines is 4. The normalized spacial score (nSPS) is 12.1. The zero-order chi connectivity index (χ0) is 51.4. The minimum Gasteiger partial charge on any atom is -0.478 e. The Bertz CT molecular complexity index is 3390. The largest absolute Gasteiger partial charge is 0.478 e. The maximum Gasteiger partial charge on any atom is 0.336 e. The highest BCUT2D eigenvalue weighted by atomic mass is 16.4. The van der Waals surface area contributed by atoms with Crippen LogP contribution in [0.25, 0.3) is 22.3 Å². The highest BCUT2D eigenvalue weighted by Crippen LogP contribution is 2.35. The Hall–Kier alpha value is -10.8. The third-order valence-corrected chi connectivity index (χ3v) is 12.0. The van der Waals surface area contributed by atoms with Gasteiger partial charge < -0.3 is 60.8 Å². The fourth-order valence-corrected chi connectivity index (χ4v) is 9.12. The summed E-state index contributed by atoms with van der Waals surface area (Å²) in [5, 5.41) is 84.4. The standard InChI is InChI=1S/C52H32N4O16/c57-45(58)21-5-1-6-22(46(59)60)37(21)41-29-13-15-31(53-29)42(38-23(47(61)62)7-2-8-24(38)48(63)64)33-17-19-35(55-33)44(40-27(51(69)70)11-4-12-28(40)52(71)72)36-20-18-34(56-36)43(32-16-14-30(41)54-32)39-25(49(65)66)9-3-10-26(39)50(67)68/h1-20,53-56H,(H,57,58)(H,59,60)(H,61,62)(H,63,64)(H,65,66)(H,67,68)(H,69,70)(H,71,72). The Labute approximate surface area is 400 Å². The summed E-state index contributed by atoms with van der Waals surface area (Å²) in [4.78, 5) is 117. The van der Waals surface area contributed by atoms with Crippen LogP contribution in [0.2, 0.25) is 0 Å². The van der Waals surface area contributed by atoms with Gasteiger partial charge in [-0.3, -0.25) is 0 Å². The molecule has 8 aromatic rings. The van der Waals surface area contributed by atoms with E-state index in [-0.39, 0.29) is 88.7 Å². The van der Waals surface area contributed by atoms with E-state index in [4.69, 9.17) is 0 Å². The number of nitrogens with one attached hydrogen (secondary N) is 4. The van der Waals surface area contributed by atoms with Crippen LogP contribution in [-0.2, 0) is 0 Å². The quantitative estimate of drug-likeness (QED) is 0.0826. The van der Waals surface area contributed by atoms with Crippen molar-refractivity contribution >= 4 is 70.0 Å². The van der Waals surface area contributed by atoms with Gasteiger partial charge in [0.15, 0.2) is 0 Å². The lowest BCUT2D eigenvalue weighted by Gasteiger charge is -2.16. The van der Waals surface area contributed by atoms with Gasteiger partial charge >= 0.3 is 47.8 Å². The van der Waals surface area contributed by atoms with E-state index in [0.717, 1.165) is 48.5 Å². The summed E-state index contributed by atoms with van der Waals surface area (Å²) in [6.07, 6.45) is 0. The van der Waals surface area contributed by atoms with E-state index in [1.807, 2.05) is 0 Å². The first-order chi connectivity index (χ1) is 34.4. The van der Waals surface area contributed by atoms with E-state index in [0.29, 0.717) is 0 Å². The van der Waals surface area contributed by atoms with Crippen LogP contribution in [0.1, 0.15) is 128 Å². The first kappa shape index (κ1) is 46.4. The van der Waals surface area contributed by atoms with E-state index >= 15 is 0 Å². The van der Waals surface area contributed by atoms with Crippen molar-refractivity contribution < 1.29 is 79.2 Å². The number of H-pyrrole nitrogens is 4. The summed E-state index contributed by atoms with van der Waals surface area (Å²) < 4.78 is 0. The smallest absolute Gasteiger partial charge is 0.336 e. The summed E-state index contributed by atoms with van der Waals surface area (Å²) >= 11 is 0. The van der Waals surface area contributed by atoms with Gasteiger partial charge in [0.05, 0.1) is 44.5 Å². The molecule has 356 valence electrons. The Morgan fingerprint density at radius 2 is 0.403 bits per heavy atom. The first-order valence-corrected chi connectivity index (χ1v) is 21.0. The molecule has 4 aromatic heterocycles. The second-order valence-corrected chi connectivity index (χ2v) is 16.0. The van der Waals surface area contributed by atoms with Crippen LogP contribution in [0.5, 0.6) is 0 Å². The molecular weight excluding hydrogens is 937 g/mol. The average Bonchev–Trinajstić information content (AvgIpc) is 4.19. The zero-order valence-electron chi connectivity index (χ0n) is 36.4. The topological polar surface area (TPSA) is 362 Å². The summed E-state index contributed by atoms with van der Waals surface area (Å²) in [6.45, 7) is 0. The molecule has 0 saturated carbocycles. The fraction of sp³-hybridized carbons (Fsp3) is 0. The number of carboxylic acid groups (broad SMARTS) is 8. The van der Waals surface area contributed by atoms with Crippen molar-refractivity contribution in [2.24, 2.45) is 0 Å². The summed E-state index contributed by atoms with van der Waals surface area (Å²) in [7, 11) is 0. The van der Waals surface area contributed by atoms with Crippen LogP contribution >= 0.6 is 0 Å². The van der Waals surface area contributed by atoms with Crippen LogP contribution in [0.4, 0.5) is 0 Å². The van der Waals surface area contributed by atoms with Crippen molar-refractivity contribution in [2.75, 3.05) is 0 Å². The van der Waals surface area contributed by atoms with Crippen LogP contribution in [0, 0.1) is 0 Å². The third-order valence-electron chi connectivity index (χ3n) is 12.0. The zero-order valence-corrected chi connectivity index (χ0v) is 36.4. The van der Waals surface area contributed by atoms with Crippen molar-refractivity contribution in [2.45, 2.75) is 0 Å². The molecule has 0 saturated heterocycles. The molecule has 72 heavy (non-hydrogen) atoms. The number of hydrogen-bond donors (Lipinski definition) is 12. The van der Waals surface area contributed by atoms with E-state index in [2.05, 4.69) is 19.9 Å². The maximum absolute atomic E-state index is 13.0. The molecule has 0 fully saturated rings. The number of carboxylic acids is 8. The molecule has 0 aliphatic carbocycles. The Morgan fingerprint density at radius 3 is 0.556 bits per heavy atom. The predicted molar refractivity (Wildman–Crippen MR) is 250 cm³/mol. The van der Waals surface area contributed by atoms with Crippen LogP contribution in [0.3, 0.4) is 0 Å². The first-order valence-electron chi connectivity index (χ1n) is 21.0. The molecule has 8 bridgehead atoms. The molecule has 0 amide bonds. The lowest BCUT2D eigenvalue weighted by Crippen LogP contribution is -2.23. The Kier molecular flexibility index (Phi) is 11.4. The highest BCUT2D eigenvalue weighted by Gasteiger charge is 2.31. The van der Waals surface area contributed by atoms with Gasteiger partial charge in [-0.25, -0.2) is 38.4 Å². The van der Waals surface area contributed by atoms with Gasteiger partial charge in [-0.1, -0.05) is 24.3 Å². The number of aromatic nitrogens is 4. The molecule has 0 unspecified atom stereocenters. The van der Waals surface area contributed by atoms with Crippen LogP contribution in [0.15, 0.2) is 121 Å². The second-order valence-electron chi connectivity index (χ2n) is 16.0. The molecule has 20 nitrogen and oxygen atoms in total. The summed E-state index contributed by atoms with van der Waals surface area (Å²) in [5.74, 6) is -12.5. The van der Waals surface area contributed by atoms with E-state index in [1.54, 1.807) is 0 Å². The lowest BCUT2D eigenvalue weighted by molar-refractivity contribution is 0.0675. The Morgan fingerprint density at radius 1 is 0.236 bits per heavy atom. The van der Waals surface area contributed by atoms with E-state index in [9.17, 15) is 79.2 Å². The number of benzene rings is 4. The Balaban J connectivity index is 1.59. The highest BCUT2D eigenvalue weighted by molar-refractivity contribution is 6.08. The summed E-state index contributed by atoms with van der Waals surface area (Å²) in [5.41, 5.74) is -6.36. The minimum absolute atomic E-state index is 0.0507. The molecule has 1 aliphatic rings. The molecule has 4 aromatic carbocycles. The van der Waals surface area contributed by atoms with Crippen LogP contribution < -0.4 is 21.4 Å². The lowest BCUT2D eigenvalue weighted by atomic mass is 9.91. The van der Waals surface area contributed by atoms with Crippen molar-refractivity contribution in [3.05, 3.63) is 232 Å². The van der Waals surface area contributed by atoms with E-state index in [1.165, 1.54) is 72.8 Å². The molecule has 1 aliphatic heterocycles. The predicted octanol–water partition coefficient (Wildman–Crippen LogP) is 3.89. The molecule has 0 radical (unpaired) electrons. The number of fused-ring (bicyclic) bond motifs is 8. The molecule has 12 N–H and O–H groups in total. The van der Waals surface area contributed by atoms with Gasteiger partial charge in [-0.05, 0) is 97.1 Å². The summed E-state index contributed by atoms with van der Waals surface area (Å²) in [6, 6.07) is 25.1. The molecule has 5 heterocycles. The second kappa shape index (κ2) is 17.7. The average molecular weight is 969 g/mol. The monoisotopic (exact) mass is 968 g/mol. The van der Waals surface area contributed by atoms with Gasteiger partial charge in [0.2, 0.25) is 0 Å². The SMILES string of the molecule is O=C(O)c1cccc(C(=O)O)c1C1=c2ccc([nH]2)=C(c2c(C(=O)O)cccc2C(=O)O)c2ccc([nH]2)C(c2c(C(=O)O)cccc2C(=O)O)=c2ccc([nH]2)=C(c2c(C(=O)O)cccc2C(=O)O)c2ccc1[nH]2. The van der Waals surface area contributed by atoms with Crippen LogP contribution in [-0.4, -0.2) is 109 Å². The minimum atomic E-state index is -1.56. The number of rotatable bonds is 12. The van der Waals surface area contributed by atoms with E-state index < -0.39 is 92.3 Å². The van der Waals surface area contributed by atoms with Gasteiger partial charge in [0.1, 0.15) is 0 Å². The molecule has 20 heteroatoms. The number of hydrogen-bond acceptors (Lipinski definition) is 8. The van der Waals surface area contributed by atoms with Crippen molar-refractivity contribution in [3.8, 4) is 0 Å². The molecule has 0 spiro atoms. The van der Waals surface area contributed by atoms with Crippen molar-refractivity contribution in [1.29, 1.82) is 0 Å². The van der Waals surface area contributed by atoms with Gasteiger partial charge in [-0.15, -0.1) is 0 Å². The number of aromatic carboxylic acids is 8. The van der Waals surface area contributed by atoms with Gasteiger partial charge in [-0.2, -0.15) is 0 Å². The molecule has 0 atom stereocenters. The van der Waals surface area contributed by atoms with Gasteiger partial charge in [0.25, 0.3) is 0 Å². The third kappa shape index (κ3) is 7.73. The number of carbonyl (C=O) groups is 8. The molecular formula is C52H32N4O16.